The van der Waals surface area contributed by atoms with Crippen LogP contribution in [0, 0.1) is 0 Å². The molecule has 1 atom stereocenters. The van der Waals surface area contributed by atoms with Gasteiger partial charge in [0, 0.05) is 72.1 Å². The van der Waals surface area contributed by atoms with Crippen LogP contribution in [-0.4, -0.2) is 66.5 Å². The van der Waals surface area contributed by atoms with Gasteiger partial charge >= 0.3 is 0 Å². The van der Waals surface area contributed by atoms with Gasteiger partial charge in [-0.15, -0.1) is 0 Å². The van der Waals surface area contributed by atoms with Crippen LogP contribution in [0.1, 0.15) is 29.4 Å². The zero-order chi connectivity index (χ0) is 27.7. The van der Waals surface area contributed by atoms with Gasteiger partial charge in [-0.05, 0) is 48.9 Å². The standard InChI is InChI=1S/C28H41N7O2Si2/c1-19-34(9-6-11-38-19)17-22-13-21-16-30-26(15-24(21)35(22)18-37-10-12-39(3,4)5)31-28(36)20-7-8-23-25(14-20)33(2)32-27(23)29/h7-8,13-16,19H,6,9-12,17-18,38H2,1-5H3,(H2,29,32)(H,30,31,36)/t19-/m1/s1. The molecule has 9 nitrogen and oxygen atoms in total. The third-order valence-corrected chi connectivity index (χ3v) is 11.7. The first-order valence-electron chi connectivity index (χ1n) is 13.9. The van der Waals surface area contributed by atoms with Crippen LogP contribution in [0.25, 0.3) is 21.8 Å². The maximum Gasteiger partial charge on any atom is 0.256 e. The Labute approximate surface area is 233 Å². The number of aryl methyl sites for hydroxylation is 1. The third-order valence-electron chi connectivity index (χ3n) is 7.78. The largest absolute Gasteiger partial charge is 0.382 e. The van der Waals surface area contributed by atoms with Crippen molar-refractivity contribution in [2.75, 3.05) is 24.2 Å². The van der Waals surface area contributed by atoms with E-state index < -0.39 is 8.07 Å². The van der Waals surface area contributed by atoms with E-state index in [1.807, 2.05) is 31.4 Å². The molecule has 0 spiro atoms. The number of aromatic nitrogens is 4. The molecule has 0 saturated carbocycles. The van der Waals surface area contributed by atoms with Gasteiger partial charge < -0.3 is 20.4 Å². The molecule has 0 aliphatic carbocycles. The molecule has 1 amide bonds. The number of ether oxygens (including phenoxy) is 1. The Bertz CT molecular complexity index is 1490. The van der Waals surface area contributed by atoms with Crippen molar-refractivity contribution < 1.29 is 9.53 Å². The van der Waals surface area contributed by atoms with E-state index in [-0.39, 0.29) is 15.4 Å². The SMILES string of the molecule is C[C@H]1[SiH2]CCCN1Cc1cc2cnc(NC(=O)c3ccc4c(N)nn(C)c4c3)cc2n1COCC[Si](C)(C)C. The number of benzene rings is 1. The van der Waals surface area contributed by atoms with Crippen molar-refractivity contribution in [1.82, 2.24) is 24.2 Å². The van der Waals surface area contributed by atoms with Gasteiger partial charge in [0.25, 0.3) is 5.91 Å². The average molecular weight is 564 g/mol. The number of carbonyl (C=O) groups excluding carboxylic acids is 1. The van der Waals surface area contributed by atoms with E-state index in [4.69, 9.17) is 10.5 Å². The highest BCUT2D eigenvalue weighted by Gasteiger charge is 2.22. The molecule has 3 N–H and O–H groups in total. The predicted molar refractivity (Wildman–Crippen MR) is 165 cm³/mol. The molecule has 208 valence electrons. The van der Waals surface area contributed by atoms with Crippen molar-refractivity contribution in [2.45, 2.75) is 64.0 Å². The number of carbonyl (C=O) groups is 1. The number of hydrogen-bond donors (Lipinski definition) is 2. The zero-order valence-corrected chi connectivity index (χ0v) is 26.2. The van der Waals surface area contributed by atoms with Crippen LogP contribution in [0.15, 0.2) is 36.5 Å². The molecule has 39 heavy (non-hydrogen) atoms. The Kier molecular flexibility index (Phi) is 7.95. The fraction of sp³-hybridized carbons (Fsp3) is 0.464. The van der Waals surface area contributed by atoms with Gasteiger partial charge in [-0.1, -0.05) is 32.6 Å². The van der Waals surface area contributed by atoms with Crippen molar-refractivity contribution >= 4 is 56.9 Å². The molecule has 0 unspecified atom stereocenters. The summed E-state index contributed by atoms with van der Waals surface area (Å²) in [4.78, 5) is 20.4. The maximum absolute atomic E-state index is 13.2. The number of nitrogens with zero attached hydrogens (tertiary/aromatic N) is 5. The van der Waals surface area contributed by atoms with E-state index >= 15 is 0 Å². The summed E-state index contributed by atoms with van der Waals surface area (Å²) in [5, 5.41) is 9.13. The molecule has 1 aliphatic rings. The van der Waals surface area contributed by atoms with Gasteiger partial charge in [-0.3, -0.25) is 14.4 Å². The van der Waals surface area contributed by atoms with E-state index in [1.54, 1.807) is 10.7 Å². The number of anilines is 2. The maximum atomic E-state index is 13.2. The number of rotatable bonds is 9. The third kappa shape index (κ3) is 6.27. The molecule has 1 fully saturated rings. The van der Waals surface area contributed by atoms with E-state index in [9.17, 15) is 4.79 Å². The van der Waals surface area contributed by atoms with Gasteiger partial charge in [-0.2, -0.15) is 5.10 Å². The molecule has 4 aromatic rings. The molecule has 1 aromatic carbocycles. The molecular weight excluding hydrogens is 523 g/mol. The van der Waals surface area contributed by atoms with Crippen molar-refractivity contribution in [3.63, 3.8) is 0 Å². The van der Waals surface area contributed by atoms with Crippen LogP contribution >= 0.6 is 0 Å². The smallest absolute Gasteiger partial charge is 0.256 e. The Morgan fingerprint density at radius 3 is 2.82 bits per heavy atom. The minimum absolute atomic E-state index is 0.0489. The van der Waals surface area contributed by atoms with Crippen molar-refractivity contribution in [3.8, 4) is 0 Å². The molecule has 0 bridgehead atoms. The number of nitrogens with one attached hydrogen (secondary N) is 1. The number of nitrogens with two attached hydrogens (primary N) is 1. The predicted octanol–water partition coefficient (Wildman–Crippen LogP) is 4.21. The first kappa shape index (κ1) is 27.6. The number of nitrogen functional groups attached to an aromatic ring is 1. The Balaban J connectivity index is 1.40. The fourth-order valence-electron chi connectivity index (χ4n) is 5.31. The monoisotopic (exact) mass is 563 g/mol. The van der Waals surface area contributed by atoms with Gasteiger partial charge in [-0.25, -0.2) is 4.98 Å². The summed E-state index contributed by atoms with van der Waals surface area (Å²) in [5.41, 5.74) is 10.3. The second-order valence-corrected chi connectivity index (χ2v) is 20.1. The van der Waals surface area contributed by atoms with Gasteiger partial charge in [0.05, 0.1) is 11.0 Å². The molecule has 0 radical (unpaired) electrons. The van der Waals surface area contributed by atoms with Crippen LogP contribution in [-0.2, 0) is 25.1 Å². The first-order chi connectivity index (χ1) is 18.6. The van der Waals surface area contributed by atoms with Crippen molar-refractivity contribution in [2.24, 2.45) is 7.05 Å². The van der Waals surface area contributed by atoms with Gasteiger partial charge in [0.15, 0.2) is 5.82 Å². The van der Waals surface area contributed by atoms with Crippen LogP contribution in [0.5, 0.6) is 0 Å². The normalized spacial score (nSPS) is 17.4. The highest BCUT2D eigenvalue weighted by atomic mass is 28.3. The highest BCUT2D eigenvalue weighted by Crippen LogP contribution is 2.26. The van der Waals surface area contributed by atoms with Crippen LogP contribution in [0.4, 0.5) is 11.6 Å². The Morgan fingerprint density at radius 1 is 1.23 bits per heavy atom. The van der Waals surface area contributed by atoms with Crippen molar-refractivity contribution in [3.05, 3.63) is 47.8 Å². The minimum Gasteiger partial charge on any atom is -0.382 e. The number of hydrogen-bond acceptors (Lipinski definition) is 6. The second-order valence-electron chi connectivity index (χ2n) is 12.1. The molecule has 11 heteroatoms. The average Bonchev–Trinajstić information content (AvgIpc) is 3.37. The van der Waals surface area contributed by atoms with Crippen LogP contribution in [0.3, 0.4) is 0 Å². The first-order valence-corrected chi connectivity index (χ1v) is 19.4. The van der Waals surface area contributed by atoms with Crippen LogP contribution < -0.4 is 11.1 Å². The lowest BCUT2D eigenvalue weighted by atomic mass is 10.1. The lowest BCUT2D eigenvalue weighted by Gasteiger charge is -2.33. The summed E-state index contributed by atoms with van der Waals surface area (Å²) in [5.74, 6) is 0.751. The molecule has 3 aromatic heterocycles. The fourth-order valence-corrected chi connectivity index (χ4v) is 7.85. The summed E-state index contributed by atoms with van der Waals surface area (Å²) in [6, 6.07) is 12.2. The summed E-state index contributed by atoms with van der Waals surface area (Å²) >= 11 is 0. The van der Waals surface area contributed by atoms with Crippen molar-refractivity contribution in [1.29, 1.82) is 0 Å². The van der Waals surface area contributed by atoms with E-state index in [1.165, 1.54) is 18.2 Å². The van der Waals surface area contributed by atoms with Crippen LogP contribution in [0.2, 0.25) is 31.7 Å². The Hall–Kier alpha value is -3.00. The summed E-state index contributed by atoms with van der Waals surface area (Å²) in [7, 11) is 0.593. The lowest BCUT2D eigenvalue weighted by Crippen LogP contribution is -2.41. The minimum atomic E-state index is -1.18. The topological polar surface area (TPSA) is 103 Å². The summed E-state index contributed by atoms with van der Waals surface area (Å²) < 4.78 is 10.2. The quantitative estimate of drug-likeness (QED) is 0.234. The number of fused-ring (bicyclic) bond motifs is 2. The summed E-state index contributed by atoms with van der Waals surface area (Å²) in [6.07, 6.45) is 3.16. The lowest BCUT2D eigenvalue weighted by molar-refractivity contribution is 0.0860. The van der Waals surface area contributed by atoms with Gasteiger partial charge in [0.2, 0.25) is 0 Å². The molecular formula is C28H41N7O2Si2. The molecule has 1 aliphatic heterocycles. The molecule has 5 rings (SSSR count). The van der Waals surface area contributed by atoms with Gasteiger partial charge in [0.1, 0.15) is 12.5 Å². The van der Waals surface area contributed by atoms with E-state index in [0.29, 0.717) is 29.6 Å². The number of amides is 1. The second kappa shape index (κ2) is 11.2. The van der Waals surface area contributed by atoms with E-state index in [2.05, 4.69) is 57.5 Å². The molecule has 4 heterocycles. The molecule has 1 saturated heterocycles. The summed E-state index contributed by atoms with van der Waals surface area (Å²) in [6.45, 7) is 12.8. The number of pyridine rings is 1. The van der Waals surface area contributed by atoms with E-state index in [0.717, 1.165) is 47.5 Å². The Morgan fingerprint density at radius 2 is 2.05 bits per heavy atom. The zero-order valence-electron chi connectivity index (χ0n) is 23.8. The highest BCUT2D eigenvalue weighted by molar-refractivity contribution is 6.76.